The molecule has 1 aliphatic heterocycles. The number of carboxylic acid groups (broad SMARTS) is 2. The Morgan fingerprint density at radius 2 is 1.53 bits per heavy atom. The van der Waals surface area contributed by atoms with Gasteiger partial charge in [-0.3, -0.25) is 9.69 Å². The van der Waals surface area contributed by atoms with Crippen molar-refractivity contribution in [2.45, 2.75) is 13.3 Å². The number of piperazine rings is 1. The number of hydrogen-bond acceptors (Lipinski definition) is 5. The Balaban J connectivity index is 0.000000469. The normalized spacial score (nSPS) is 13.7. The van der Waals surface area contributed by atoms with Gasteiger partial charge in [0.25, 0.3) is 0 Å². The molecule has 8 nitrogen and oxygen atoms in total. The number of anilines is 2. The number of rotatable bonds is 5. The number of nitrogens with zero attached hydrogens (tertiary/aromatic N) is 2. The predicted octanol–water partition coefficient (Wildman–Crippen LogP) is 2.30. The van der Waals surface area contributed by atoms with Crippen LogP contribution in [0, 0.1) is 6.92 Å². The van der Waals surface area contributed by atoms with E-state index in [1.807, 2.05) is 37.3 Å². The van der Waals surface area contributed by atoms with Crippen molar-refractivity contribution in [3.8, 4) is 0 Å². The lowest BCUT2D eigenvalue weighted by Crippen LogP contribution is -2.47. The number of aryl methyl sites for hydroxylation is 1. The molecule has 3 rings (SSSR count). The highest BCUT2D eigenvalue weighted by Gasteiger charge is 2.17. The monoisotopic (exact) mass is 413 g/mol. The summed E-state index contributed by atoms with van der Waals surface area (Å²) < 4.78 is 0. The Bertz CT molecular complexity index is 837. The summed E-state index contributed by atoms with van der Waals surface area (Å²) in [6, 6.07) is 18.5. The highest BCUT2D eigenvalue weighted by molar-refractivity contribution is 6.27. The number of nitrogens with one attached hydrogen (secondary N) is 1. The van der Waals surface area contributed by atoms with Gasteiger partial charge in [0.15, 0.2) is 0 Å². The van der Waals surface area contributed by atoms with E-state index in [1.165, 1.54) is 5.69 Å². The molecule has 1 amide bonds. The van der Waals surface area contributed by atoms with Crippen molar-refractivity contribution in [3.05, 3.63) is 60.2 Å². The van der Waals surface area contributed by atoms with E-state index >= 15 is 0 Å². The van der Waals surface area contributed by atoms with Crippen LogP contribution in [0.4, 0.5) is 11.4 Å². The van der Waals surface area contributed by atoms with Gasteiger partial charge in [-0.25, -0.2) is 9.59 Å². The molecule has 2 aromatic carbocycles. The lowest BCUT2D eigenvalue weighted by atomic mass is 10.2. The van der Waals surface area contributed by atoms with Gasteiger partial charge in [0.1, 0.15) is 0 Å². The van der Waals surface area contributed by atoms with Gasteiger partial charge in [-0.1, -0.05) is 30.3 Å². The summed E-state index contributed by atoms with van der Waals surface area (Å²) in [6.07, 6.45) is 0.541. The quantitative estimate of drug-likeness (QED) is 0.645. The molecule has 1 fully saturated rings. The first-order valence-corrected chi connectivity index (χ1v) is 9.70. The van der Waals surface area contributed by atoms with Crippen molar-refractivity contribution in [3.63, 3.8) is 0 Å². The number of hydrogen-bond donors (Lipinski definition) is 3. The van der Waals surface area contributed by atoms with Crippen molar-refractivity contribution in [2.75, 3.05) is 42.9 Å². The zero-order chi connectivity index (χ0) is 21.9. The molecule has 160 valence electrons. The van der Waals surface area contributed by atoms with E-state index in [0.29, 0.717) is 6.42 Å². The maximum absolute atomic E-state index is 12.1. The third kappa shape index (κ3) is 7.92. The van der Waals surface area contributed by atoms with Crippen molar-refractivity contribution in [1.82, 2.24) is 4.90 Å². The van der Waals surface area contributed by atoms with E-state index in [0.717, 1.165) is 44.0 Å². The fourth-order valence-electron chi connectivity index (χ4n) is 3.07. The Morgan fingerprint density at radius 1 is 0.900 bits per heavy atom. The predicted molar refractivity (Wildman–Crippen MR) is 115 cm³/mol. The lowest BCUT2D eigenvalue weighted by Gasteiger charge is -2.36. The molecule has 0 spiro atoms. The highest BCUT2D eigenvalue weighted by atomic mass is 16.4. The van der Waals surface area contributed by atoms with Crippen LogP contribution in [0.2, 0.25) is 0 Å². The number of amides is 1. The van der Waals surface area contributed by atoms with E-state index in [2.05, 4.69) is 39.4 Å². The molecule has 30 heavy (non-hydrogen) atoms. The Labute approximate surface area is 175 Å². The number of aliphatic carboxylic acids is 2. The zero-order valence-electron chi connectivity index (χ0n) is 17.0. The van der Waals surface area contributed by atoms with E-state index in [-0.39, 0.29) is 5.91 Å². The lowest BCUT2D eigenvalue weighted by molar-refractivity contribution is -0.159. The van der Waals surface area contributed by atoms with Crippen LogP contribution in [0.15, 0.2) is 54.6 Å². The van der Waals surface area contributed by atoms with Crippen LogP contribution in [-0.4, -0.2) is 65.7 Å². The van der Waals surface area contributed by atoms with E-state index < -0.39 is 11.9 Å². The molecule has 0 aliphatic carbocycles. The summed E-state index contributed by atoms with van der Waals surface area (Å²) in [5, 5.41) is 17.8. The summed E-state index contributed by atoms with van der Waals surface area (Å²) in [4.78, 5) is 35.1. The van der Waals surface area contributed by atoms with Gasteiger partial charge in [0, 0.05) is 50.5 Å². The van der Waals surface area contributed by atoms with Crippen LogP contribution in [-0.2, 0) is 14.4 Å². The average molecular weight is 413 g/mol. The second-order valence-electron chi connectivity index (χ2n) is 6.94. The molecule has 0 atom stereocenters. The third-order valence-corrected chi connectivity index (χ3v) is 4.63. The SMILES string of the molecule is Cc1cccc(NC(=O)CCN2CCN(c3ccccc3)CC2)c1.O=C(O)C(=O)O. The summed E-state index contributed by atoms with van der Waals surface area (Å²) in [6.45, 7) is 6.90. The summed E-state index contributed by atoms with van der Waals surface area (Å²) in [5.41, 5.74) is 3.33. The molecule has 2 aromatic rings. The van der Waals surface area contributed by atoms with E-state index in [4.69, 9.17) is 19.8 Å². The zero-order valence-corrected chi connectivity index (χ0v) is 17.0. The first-order chi connectivity index (χ1) is 14.3. The fourth-order valence-corrected chi connectivity index (χ4v) is 3.07. The highest BCUT2D eigenvalue weighted by Crippen LogP contribution is 2.16. The molecular weight excluding hydrogens is 386 g/mol. The maximum atomic E-state index is 12.1. The first-order valence-electron chi connectivity index (χ1n) is 9.70. The van der Waals surface area contributed by atoms with Gasteiger partial charge < -0.3 is 20.4 Å². The molecule has 1 aliphatic rings. The molecule has 0 aromatic heterocycles. The van der Waals surface area contributed by atoms with Gasteiger partial charge in [0.2, 0.25) is 5.91 Å². The summed E-state index contributed by atoms with van der Waals surface area (Å²) >= 11 is 0. The van der Waals surface area contributed by atoms with E-state index in [9.17, 15) is 4.79 Å². The molecule has 8 heteroatoms. The number of para-hydroxylation sites is 1. The minimum Gasteiger partial charge on any atom is -0.473 e. The maximum Gasteiger partial charge on any atom is 0.414 e. The number of carbonyl (C=O) groups is 3. The second kappa shape index (κ2) is 11.6. The van der Waals surface area contributed by atoms with Crippen molar-refractivity contribution < 1.29 is 24.6 Å². The Hall–Kier alpha value is -3.39. The molecule has 1 saturated heterocycles. The Morgan fingerprint density at radius 3 is 2.10 bits per heavy atom. The van der Waals surface area contributed by atoms with Gasteiger partial charge in [0.05, 0.1) is 0 Å². The van der Waals surface area contributed by atoms with Crippen molar-refractivity contribution >= 4 is 29.2 Å². The van der Waals surface area contributed by atoms with Gasteiger partial charge in [-0.05, 0) is 36.8 Å². The standard InChI is InChI=1S/C20H25N3O.C2H2O4/c1-17-6-5-7-18(16-17)21-20(24)10-11-22-12-14-23(15-13-22)19-8-3-2-4-9-19;3-1(4)2(5)6/h2-9,16H,10-15H2,1H3,(H,21,24);(H,3,4)(H,5,6). The third-order valence-electron chi connectivity index (χ3n) is 4.63. The van der Waals surface area contributed by atoms with Crippen LogP contribution in [0.25, 0.3) is 0 Å². The fraction of sp³-hybridized carbons (Fsp3) is 0.318. The molecule has 0 saturated carbocycles. The molecule has 0 bridgehead atoms. The van der Waals surface area contributed by atoms with Crippen LogP contribution in [0.1, 0.15) is 12.0 Å². The van der Waals surface area contributed by atoms with Crippen LogP contribution in [0.5, 0.6) is 0 Å². The van der Waals surface area contributed by atoms with E-state index in [1.54, 1.807) is 0 Å². The van der Waals surface area contributed by atoms with Gasteiger partial charge >= 0.3 is 11.9 Å². The summed E-state index contributed by atoms with van der Waals surface area (Å²) in [7, 11) is 0. The summed E-state index contributed by atoms with van der Waals surface area (Å²) in [5.74, 6) is -3.56. The second-order valence-corrected chi connectivity index (χ2v) is 6.94. The van der Waals surface area contributed by atoms with Gasteiger partial charge in [-0.15, -0.1) is 0 Å². The number of carboxylic acids is 2. The average Bonchev–Trinajstić information content (AvgIpc) is 2.74. The smallest absolute Gasteiger partial charge is 0.414 e. The van der Waals surface area contributed by atoms with Crippen LogP contribution >= 0.6 is 0 Å². The topological polar surface area (TPSA) is 110 Å². The molecule has 3 N–H and O–H groups in total. The molecule has 0 radical (unpaired) electrons. The van der Waals surface area contributed by atoms with Crippen LogP contribution < -0.4 is 10.2 Å². The Kier molecular flexibility index (Phi) is 8.83. The number of benzene rings is 2. The van der Waals surface area contributed by atoms with Crippen molar-refractivity contribution in [2.24, 2.45) is 0 Å². The van der Waals surface area contributed by atoms with Gasteiger partial charge in [-0.2, -0.15) is 0 Å². The minimum atomic E-state index is -1.82. The first kappa shape index (κ1) is 22.9. The van der Waals surface area contributed by atoms with Crippen molar-refractivity contribution in [1.29, 1.82) is 0 Å². The molecule has 1 heterocycles. The number of carbonyl (C=O) groups excluding carboxylic acids is 1. The largest absolute Gasteiger partial charge is 0.473 e. The molecular formula is C22H27N3O5. The molecule has 0 unspecified atom stereocenters. The minimum absolute atomic E-state index is 0.0890. The van der Waals surface area contributed by atoms with Crippen LogP contribution in [0.3, 0.4) is 0 Å².